The van der Waals surface area contributed by atoms with Gasteiger partial charge in [-0.15, -0.1) is 11.3 Å². The second-order valence-electron chi connectivity index (χ2n) is 5.42. The zero-order chi connectivity index (χ0) is 15.5. The Kier molecular flexibility index (Phi) is 4.63. The fraction of sp³-hybridized carbons (Fsp3) is 0.400. The van der Waals surface area contributed by atoms with Crippen LogP contribution in [0, 0.1) is 17.6 Å². The van der Waals surface area contributed by atoms with Crippen LogP contribution in [0.1, 0.15) is 18.4 Å². The van der Waals surface area contributed by atoms with E-state index in [9.17, 15) is 13.2 Å². The van der Waals surface area contributed by atoms with Crippen LogP contribution in [0.4, 0.5) is 18.3 Å². The molecule has 1 aromatic carbocycles. The van der Waals surface area contributed by atoms with Crippen LogP contribution in [0.25, 0.3) is 0 Å². The maximum absolute atomic E-state index is 13.2. The Morgan fingerprint density at radius 2 is 1.95 bits per heavy atom. The summed E-state index contributed by atoms with van der Waals surface area (Å²) < 4.78 is 38.9. The number of thiazole rings is 1. The number of nitrogens with one attached hydrogen (secondary N) is 1. The lowest BCUT2D eigenvalue weighted by atomic mass is 10.0. The maximum atomic E-state index is 13.2. The van der Waals surface area contributed by atoms with Gasteiger partial charge < -0.3 is 5.32 Å². The quantitative estimate of drug-likeness (QED) is 0.929. The molecular formula is C15H16F3N3S. The van der Waals surface area contributed by atoms with Crippen molar-refractivity contribution in [1.29, 1.82) is 0 Å². The topological polar surface area (TPSA) is 28.2 Å². The third-order valence-electron chi connectivity index (χ3n) is 3.78. The van der Waals surface area contributed by atoms with Crippen LogP contribution in [0.5, 0.6) is 0 Å². The van der Waals surface area contributed by atoms with Crippen LogP contribution in [-0.4, -0.2) is 29.0 Å². The van der Waals surface area contributed by atoms with Gasteiger partial charge in [0.1, 0.15) is 0 Å². The Balaban J connectivity index is 1.50. The molecule has 0 unspecified atom stereocenters. The lowest BCUT2D eigenvalue weighted by Crippen LogP contribution is -2.38. The average Bonchev–Trinajstić information content (AvgIpc) is 2.90. The number of nitrogens with zero attached hydrogens (tertiary/aromatic N) is 2. The van der Waals surface area contributed by atoms with E-state index in [4.69, 9.17) is 0 Å². The van der Waals surface area contributed by atoms with Gasteiger partial charge in [-0.3, -0.25) is 4.90 Å². The molecule has 0 bridgehead atoms. The molecule has 1 N–H and O–H groups in total. The van der Waals surface area contributed by atoms with Gasteiger partial charge in [-0.1, -0.05) is 6.07 Å². The number of likely N-dealkylation sites (tertiary alicyclic amines) is 1. The minimum atomic E-state index is -0.817. The van der Waals surface area contributed by atoms with E-state index in [1.807, 2.05) is 0 Å². The lowest BCUT2D eigenvalue weighted by molar-refractivity contribution is 0.211. The fourth-order valence-corrected chi connectivity index (χ4v) is 3.26. The third-order valence-corrected chi connectivity index (χ3v) is 4.53. The molecule has 3 rings (SSSR count). The molecule has 1 aliphatic rings. The molecule has 1 fully saturated rings. The summed E-state index contributed by atoms with van der Waals surface area (Å²) in [5, 5.41) is 5.22. The molecule has 1 aromatic heterocycles. The SMILES string of the molecule is Fc1csc(NC2CCN(Cc3ccc(F)c(F)c3)CC2)n1. The molecule has 118 valence electrons. The Morgan fingerprint density at radius 3 is 2.59 bits per heavy atom. The van der Waals surface area contributed by atoms with Crippen molar-refractivity contribution in [3.05, 3.63) is 46.7 Å². The zero-order valence-corrected chi connectivity index (χ0v) is 12.7. The highest BCUT2D eigenvalue weighted by molar-refractivity contribution is 7.13. The van der Waals surface area contributed by atoms with Crippen LogP contribution < -0.4 is 5.32 Å². The van der Waals surface area contributed by atoms with E-state index in [0.29, 0.717) is 11.7 Å². The minimum absolute atomic E-state index is 0.270. The second-order valence-corrected chi connectivity index (χ2v) is 6.28. The normalized spacial score (nSPS) is 16.9. The zero-order valence-electron chi connectivity index (χ0n) is 11.9. The highest BCUT2D eigenvalue weighted by Gasteiger charge is 2.20. The van der Waals surface area contributed by atoms with Crippen LogP contribution in [0.2, 0.25) is 0 Å². The number of piperidine rings is 1. The molecule has 0 aliphatic carbocycles. The maximum Gasteiger partial charge on any atom is 0.225 e. The van der Waals surface area contributed by atoms with Gasteiger partial charge in [0, 0.05) is 31.1 Å². The lowest BCUT2D eigenvalue weighted by Gasteiger charge is -2.32. The first-order valence-electron chi connectivity index (χ1n) is 7.14. The van der Waals surface area contributed by atoms with Gasteiger partial charge in [-0.05, 0) is 30.5 Å². The summed E-state index contributed by atoms with van der Waals surface area (Å²) in [5.41, 5.74) is 0.771. The van der Waals surface area contributed by atoms with E-state index < -0.39 is 17.6 Å². The van der Waals surface area contributed by atoms with Crippen molar-refractivity contribution in [2.75, 3.05) is 18.4 Å². The monoisotopic (exact) mass is 327 g/mol. The minimum Gasteiger partial charge on any atom is -0.359 e. The van der Waals surface area contributed by atoms with E-state index in [2.05, 4.69) is 15.2 Å². The molecular weight excluding hydrogens is 311 g/mol. The predicted octanol–water partition coefficient (Wildman–Crippen LogP) is 3.64. The summed E-state index contributed by atoms with van der Waals surface area (Å²) in [5.74, 6) is -2.08. The summed E-state index contributed by atoms with van der Waals surface area (Å²) in [6, 6.07) is 4.29. The summed E-state index contributed by atoms with van der Waals surface area (Å²) in [6.07, 6.45) is 1.82. The van der Waals surface area contributed by atoms with Gasteiger partial charge in [-0.2, -0.15) is 9.37 Å². The standard InChI is InChI=1S/C15H16F3N3S/c16-12-2-1-10(7-13(12)17)8-21-5-3-11(4-6-21)19-15-20-14(18)9-22-15/h1-2,7,9,11H,3-6,8H2,(H,19,20). The van der Waals surface area contributed by atoms with Gasteiger partial charge in [0.2, 0.25) is 5.95 Å². The van der Waals surface area contributed by atoms with Gasteiger partial charge in [0.25, 0.3) is 0 Å². The number of hydrogen-bond acceptors (Lipinski definition) is 4. The van der Waals surface area contributed by atoms with E-state index in [1.165, 1.54) is 22.8 Å². The molecule has 0 saturated carbocycles. The summed E-state index contributed by atoms with van der Waals surface area (Å²) in [4.78, 5) is 5.96. The largest absolute Gasteiger partial charge is 0.359 e. The van der Waals surface area contributed by atoms with Crippen molar-refractivity contribution in [1.82, 2.24) is 9.88 Å². The van der Waals surface area contributed by atoms with Gasteiger partial charge in [0.05, 0.1) is 0 Å². The first kappa shape index (κ1) is 15.3. The Morgan fingerprint density at radius 1 is 1.18 bits per heavy atom. The van der Waals surface area contributed by atoms with Crippen molar-refractivity contribution in [2.45, 2.75) is 25.4 Å². The molecule has 0 spiro atoms. The van der Waals surface area contributed by atoms with Gasteiger partial charge in [-0.25, -0.2) is 8.78 Å². The summed E-state index contributed by atoms with van der Waals surface area (Å²) >= 11 is 1.26. The third kappa shape index (κ3) is 3.78. The smallest absolute Gasteiger partial charge is 0.225 e. The number of hydrogen-bond donors (Lipinski definition) is 1. The second kappa shape index (κ2) is 6.66. The van der Waals surface area contributed by atoms with Crippen molar-refractivity contribution >= 4 is 16.5 Å². The summed E-state index contributed by atoms with van der Waals surface area (Å²) in [6.45, 7) is 2.31. The van der Waals surface area contributed by atoms with E-state index in [-0.39, 0.29) is 6.04 Å². The van der Waals surface area contributed by atoms with E-state index >= 15 is 0 Å². The molecule has 0 amide bonds. The van der Waals surface area contributed by atoms with E-state index in [0.717, 1.165) is 37.6 Å². The number of anilines is 1. The first-order valence-corrected chi connectivity index (χ1v) is 8.02. The van der Waals surface area contributed by atoms with Crippen molar-refractivity contribution < 1.29 is 13.2 Å². The molecule has 2 heterocycles. The van der Waals surface area contributed by atoms with Crippen LogP contribution in [0.15, 0.2) is 23.6 Å². The molecule has 3 nitrogen and oxygen atoms in total. The molecule has 7 heteroatoms. The van der Waals surface area contributed by atoms with Crippen LogP contribution in [0.3, 0.4) is 0 Å². The van der Waals surface area contributed by atoms with Crippen molar-refractivity contribution in [3.8, 4) is 0 Å². The number of benzene rings is 1. The Hall–Kier alpha value is -1.60. The molecule has 1 saturated heterocycles. The Bertz CT molecular complexity index is 639. The number of halogens is 3. The number of rotatable bonds is 4. The number of aromatic nitrogens is 1. The van der Waals surface area contributed by atoms with Crippen LogP contribution >= 0.6 is 11.3 Å². The van der Waals surface area contributed by atoms with Gasteiger partial charge in [0.15, 0.2) is 16.8 Å². The van der Waals surface area contributed by atoms with Crippen molar-refractivity contribution in [3.63, 3.8) is 0 Å². The molecule has 0 radical (unpaired) electrons. The van der Waals surface area contributed by atoms with Crippen LogP contribution in [-0.2, 0) is 6.54 Å². The first-order chi connectivity index (χ1) is 10.6. The molecule has 2 aromatic rings. The highest BCUT2D eigenvalue weighted by Crippen LogP contribution is 2.21. The van der Waals surface area contributed by atoms with Crippen molar-refractivity contribution in [2.24, 2.45) is 0 Å². The average molecular weight is 327 g/mol. The Labute approximate surface area is 130 Å². The molecule has 1 aliphatic heterocycles. The predicted molar refractivity (Wildman–Crippen MR) is 80.4 cm³/mol. The highest BCUT2D eigenvalue weighted by atomic mass is 32.1. The fourth-order valence-electron chi connectivity index (χ4n) is 2.63. The summed E-state index contributed by atoms with van der Waals surface area (Å²) in [7, 11) is 0. The molecule has 22 heavy (non-hydrogen) atoms. The molecule has 0 atom stereocenters. The van der Waals surface area contributed by atoms with E-state index in [1.54, 1.807) is 6.07 Å². The van der Waals surface area contributed by atoms with Gasteiger partial charge >= 0.3 is 0 Å².